The van der Waals surface area contributed by atoms with E-state index in [2.05, 4.69) is 12.2 Å². The molecule has 0 heterocycles. The molecule has 0 fully saturated rings. The molecule has 1 atom stereocenters. The van der Waals surface area contributed by atoms with Crippen LogP contribution in [0.15, 0.2) is 0 Å². The van der Waals surface area contributed by atoms with Gasteiger partial charge in [-0.25, -0.2) is 0 Å². The van der Waals surface area contributed by atoms with E-state index < -0.39 is 5.72 Å². The maximum atomic E-state index is 9.71. The number of aliphatic hydroxyl groups is 1. The van der Waals surface area contributed by atoms with Gasteiger partial charge in [0.15, 0.2) is 0 Å². The van der Waals surface area contributed by atoms with Gasteiger partial charge in [-0.3, -0.25) is 5.32 Å². The van der Waals surface area contributed by atoms with Crippen molar-refractivity contribution in [2.24, 2.45) is 0 Å². The van der Waals surface area contributed by atoms with Gasteiger partial charge in [0.05, 0.1) is 0 Å². The Morgan fingerprint density at radius 3 is 1.82 bits per heavy atom. The van der Waals surface area contributed by atoms with Crippen LogP contribution in [0, 0.1) is 0 Å². The Hall–Kier alpha value is 0.210. The third-order valence-corrected chi connectivity index (χ3v) is 3.22. The molecule has 0 aliphatic heterocycles. The lowest BCUT2D eigenvalue weighted by Crippen LogP contribution is -2.41. The van der Waals surface area contributed by atoms with Crippen LogP contribution in [0.4, 0.5) is 0 Å². The van der Waals surface area contributed by atoms with Crippen molar-refractivity contribution in [3.8, 4) is 0 Å². The topological polar surface area (TPSA) is 32.3 Å². The second kappa shape index (κ2) is 12.7. The summed E-state index contributed by atoms with van der Waals surface area (Å²) in [6, 6.07) is 0. The van der Waals surface area contributed by atoms with E-state index in [1.54, 1.807) is 0 Å². The SMILES string of the molecule is CCCCCCCCCCNC(C)(O)CC.Cl. The Balaban J connectivity index is 0. The van der Waals surface area contributed by atoms with Crippen LogP contribution in [0.25, 0.3) is 0 Å². The lowest BCUT2D eigenvalue weighted by molar-refractivity contribution is 0.0203. The van der Waals surface area contributed by atoms with Gasteiger partial charge < -0.3 is 5.11 Å². The molecule has 0 aromatic carbocycles. The number of unbranched alkanes of at least 4 members (excludes halogenated alkanes) is 7. The molecule has 0 aliphatic carbocycles. The van der Waals surface area contributed by atoms with E-state index in [0.717, 1.165) is 13.0 Å². The van der Waals surface area contributed by atoms with E-state index in [9.17, 15) is 5.11 Å². The van der Waals surface area contributed by atoms with E-state index in [0.29, 0.717) is 0 Å². The predicted molar refractivity (Wildman–Crippen MR) is 78.8 cm³/mol. The minimum Gasteiger partial charge on any atom is -0.376 e. The second-order valence-corrected chi connectivity index (χ2v) is 5.03. The molecule has 2 N–H and O–H groups in total. The smallest absolute Gasteiger partial charge is 0.112 e. The highest BCUT2D eigenvalue weighted by Crippen LogP contribution is 2.09. The summed E-state index contributed by atoms with van der Waals surface area (Å²) in [6.07, 6.45) is 11.5. The van der Waals surface area contributed by atoms with E-state index in [-0.39, 0.29) is 12.4 Å². The summed E-state index contributed by atoms with van der Waals surface area (Å²) in [5.41, 5.74) is -0.666. The standard InChI is InChI=1S/C14H31NO.ClH/c1-4-6-7-8-9-10-11-12-13-15-14(3,16)5-2;/h15-16H,4-13H2,1-3H3;1H. The second-order valence-electron chi connectivity index (χ2n) is 5.03. The molecule has 3 heteroatoms. The maximum absolute atomic E-state index is 9.71. The lowest BCUT2D eigenvalue weighted by Gasteiger charge is -2.22. The molecule has 0 radical (unpaired) electrons. The van der Waals surface area contributed by atoms with Crippen molar-refractivity contribution < 1.29 is 5.11 Å². The van der Waals surface area contributed by atoms with Gasteiger partial charge in [-0.15, -0.1) is 12.4 Å². The molecule has 2 nitrogen and oxygen atoms in total. The van der Waals surface area contributed by atoms with Crippen molar-refractivity contribution in [2.75, 3.05) is 6.54 Å². The molecule has 0 amide bonds. The summed E-state index contributed by atoms with van der Waals surface area (Å²) in [5, 5.41) is 12.9. The molecule has 0 aliphatic rings. The molecule has 106 valence electrons. The van der Waals surface area contributed by atoms with Gasteiger partial charge in [-0.1, -0.05) is 58.8 Å². The van der Waals surface area contributed by atoms with Crippen LogP contribution in [0.1, 0.15) is 78.6 Å². The van der Waals surface area contributed by atoms with Crippen LogP contribution in [-0.4, -0.2) is 17.4 Å². The first-order chi connectivity index (χ1) is 7.62. The third-order valence-electron chi connectivity index (χ3n) is 3.22. The summed E-state index contributed by atoms with van der Waals surface area (Å²) in [5.74, 6) is 0. The highest BCUT2D eigenvalue weighted by atomic mass is 35.5. The number of nitrogens with one attached hydrogen (secondary N) is 1. The van der Waals surface area contributed by atoms with E-state index in [1.807, 2.05) is 13.8 Å². The first kappa shape index (κ1) is 19.5. The van der Waals surface area contributed by atoms with Gasteiger partial charge in [-0.2, -0.15) is 0 Å². The zero-order valence-electron chi connectivity index (χ0n) is 11.9. The van der Waals surface area contributed by atoms with Crippen molar-refractivity contribution in [3.63, 3.8) is 0 Å². The number of hydrogen-bond acceptors (Lipinski definition) is 2. The van der Waals surface area contributed by atoms with E-state index in [4.69, 9.17) is 0 Å². The van der Waals surface area contributed by atoms with Gasteiger partial charge in [0.25, 0.3) is 0 Å². The molecule has 0 aromatic rings. The molecular weight excluding hydrogens is 234 g/mol. The van der Waals surface area contributed by atoms with Crippen molar-refractivity contribution in [1.82, 2.24) is 5.32 Å². The fourth-order valence-electron chi connectivity index (χ4n) is 1.74. The van der Waals surface area contributed by atoms with Gasteiger partial charge in [0, 0.05) is 0 Å². The fourth-order valence-corrected chi connectivity index (χ4v) is 1.74. The van der Waals surface area contributed by atoms with E-state index in [1.165, 1.54) is 51.4 Å². The molecule has 0 saturated carbocycles. The maximum Gasteiger partial charge on any atom is 0.112 e. The van der Waals surface area contributed by atoms with Gasteiger partial charge in [0.1, 0.15) is 5.72 Å². The molecule has 0 spiro atoms. The highest BCUT2D eigenvalue weighted by Gasteiger charge is 2.14. The molecule has 0 rings (SSSR count). The highest BCUT2D eigenvalue weighted by molar-refractivity contribution is 5.85. The first-order valence-electron chi connectivity index (χ1n) is 7.09. The van der Waals surface area contributed by atoms with Crippen LogP contribution in [0.2, 0.25) is 0 Å². The molecule has 17 heavy (non-hydrogen) atoms. The van der Waals surface area contributed by atoms with Gasteiger partial charge >= 0.3 is 0 Å². The fraction of sp³-hybridized carbons (Fsp3) is 1.00. The minimum absolute atomic E-state index is 0. The number of rotatable bonds is 11. The molecular formula is C14H32ClNO. The van der Waals surface area contributed by atoms with Crippen LogP contribution < -0.4 is 5.32 Å². The van der Waals surface area contributed by atoms with E-state index >= 15 is 0 Å². The Morgan fingerprint density at radius 2 is 1.35 bits per heavy atom. The molecule has 0 saturated heterocycles. The van der Waals surface area contributed by atoms with Crippen molar-refractivity contribution in [1.29, 1.82) is 0 Å². The molecule has 0 bridgehead atoms. The first-order valence-corrected chi connectivity index (χ1v) is 7.09. The van der Waals surface area contributed by atoms with Crippen LogP contribution >= 0.6 is 12.4 Å². The van der Waals surface area contributed by atoms with Crippen LogP contribution in [0.5, 0.6) is 0 Å². The lowest BCUT2D eigenvalue weighted by atomic mass is 10.1. The summed E-state index contributed by atoms with van der Waals surface area (Å²) in [7, 11) is 0. The summed E-state index contributed by atoms with van der Waals surface area (Å²) in [4.78, 5) is 0. The summed E-state index contributed by atoms with van der Waals surface area (Å²) < 4.78 is 0. The molecule has 0 aromatic heterocycles. The van der Waals surface area contributed by atoms with Crippen molar-refractivity contribution >= 4 is 12.4 Å². The Labute approximate surface area is 114 Å². The van der Waals surface area contributed by atoms with Crippen LogP contribution in [-0.2, 0) is 0 Å². The predicted octanol–water partition coefficient (Wildman–Crippen LogP) is 4.26. The molecule has 1 unspecified atom stereocenters. The monoisotopic (exact) mass is 265 g/mol. The average Bonchev–Trinajstić information content (AvgIpc) is 2.27. The summed E-state index contributed by atoms with van der Waals surface area (Å²) in [6.45, 7) is 7.04. The zero-order chi connectivity index (χ0) is 12.3. The van der Waals surface area contributed by atoms with Crippen molar-refractivity contribution in [3.05, 3.63) is 0 Å². The largest absolute Gasteiger partial charge is 0.376 e. The zero-order valence-corrected chi connectivity index (χ0v) is 12.7. The third kappa shape index (κ3) is 14.1. The Bertz CT molecular complexity index is 151. The number of hydrogen-bond donors (Lipinski definition) is 2. The minimum atomic E-state index is -0.666. The average molecular weight is 266 g/mol. The Morgan fingerprint density at radius 1 is 0.882 bits per heavy atom. The van der Waals surface area contributed by atoms with Gasteiger partial charge in [0.2, 0.25) is 0 Å². The normalized spacial score (nSPS) is 14.1. The Kier molecular flexibility index (Phi) is 14.6. The van der Waals surface area contributed by atoms with Gasteiger partial charge in [-0.05, 0) is 26.3 Å². The van der Waals surface area contributed by atoms with Crippen LogP contribution in [0.3, 0.4) is 0 Å². The van der Waals surface area contributed by atoms with Crippen molar-refractivity contribution in [2.45, 2.75) is 84.3 Å². The number of halogens is 1. The summed E-state index contributed by atoms with van der Waals surface area (Å²) >= 11 is 0. The quantitative estimate of drug-likeness (QED) is 0.432.